The molecule has 0 unspecified atom stereocenters. The van der Waals surface area contributed by atoms with Crippen molar-refractivity contribution in [2.45, 2.75) is 32.7 Å². The number of benzene rings is 1. The van der Waals surface area contributed by atoms with Gasteiger partial charge in [-0.3, -0.25) is 0 Å². The van der Waals surface area contributed by atoms with Crippen molar-refractivity contribution in [2.75, 3.05) is 6.54 Å². The van der Waals surface area contributed by atoms with Gasteiger partial charge in [-0.1, -0.05) is 24.9 Å². The summed E-state index contributed by atoms with van der Waals surface area (Å²) in [5.41, 5.74) is 4.73. The first-order valence-electron chi connectivity index (χ1n) is 7.13. The third kappa shape index (κ3) is 2.69. The Morgan fingerprint density at radius 3 is 2.75 bits per heavy atom. The molecule has 0 amide bonds. The molecule has 0 spiro atoms. The highest BCUT2D eigenvalue weighted by Gasteiger charge is 2.17. The van der Waals surface area contributed by atoms with Gasteiger partial charge < -0.3 is 5.32 Å². The van der Waals surface area contributed by atoms with Crippen LogP contribution in [0.1, 0.15) is 30.3 Å². The molecule has 2 heterocycles. The summed E-state index contributed by atoms with van der Waals surface area (Å²) in [6, 6.07) is 7.75. The summed E-state index contributed by atoms with van der Waals surface area (Å²) in [5, 5.41) is 4.15. The van der Waals surface area contributed by atoms with Crippen molar-refractivity contribution in [1.82, 2.24) is 15.3 Å². The summed E-state index contributed by atoms with van der Waals surface area (Å²) in [6.07, 6.45) is 3.09. The molecule has 0 atom stereocenters. The predicted octanol–water partition coefficient (Wildman–Crippen LogP) is 3.40. The number of aromatic nitrogens is 2. The highest BCUT2D eigenvalue weighted by atomic mass is 35.5. The molecule has 1 aliphatic heterocycles. The molecule has 2 aromatic rings. The lowest BCUT2D eigenvalue weighted by atomic mass is 10.0. The van der Waals surface area contributed by atoms with Crippen LogP contribution in [0.15, 0.2) is 24.3 Å². The lowest BCUT2D eigenvalue weighted by Crippen LogP contribution is -2.26. The number of nitrogens with zero attached hydrogens (tertiary/aromatic N) is 2. The van der Waals surface area contributed by atoms with Crippen LogP contribution in [0.3, 0.4) is 0 Å². The van der Waals surface area contributed by atoms with Gasteiger partial charge in [0.05, 0.1) is 5.69 Å². The molecule has 0 saturated carbocycles. The first kappa shape index (κ1) is 13.5. The first-order chi connectivity index (χ1) is 9.78. The number of nitrogens with one attached hydrogen (secondary N) is 1. The fraction of sp³-hybridized carbons (Fsp3) is 0.375. The molecule has 0 fully saturated rings. The van der Waals surface area contributed by atoms with Crippen LogP contribution in [0.4, 0.5) is 0 Å². The van der Waals surface area contributed by atoms with Crippen molar-refractivity contribution in [3.8, 4) is 11.4 Å². The second-order valence-corrected chi connectivity index (χ2v) is 5.54. The molecular formula is C16H18ClN3. The van der Waals surface area contributed by atoms with Gasteiger partial charge in [-0.2, -0.15) is 0 Å². The molecule has 4 heteroatoms. The molecule has 1 N–H and O–H groups in total. The molecule has 0 aliphatic carbocycles. The zero-order valence-electron chi connectivity index (χ0n) is 11.6. The van der Waals surface area contributed by atoms with Gasteiger partial charge >= 0.3 is 0 Å². The Hall–Kier alpha value is -1.45. The molecule has 104 valence electrons. The molecule has 1 aromatic heterocycles. The van der Waals surface area contributed by atoms with Crippen LogP contribution < -0.4 is 5.32 Å². The van der Waals surface area contributed by atoms with E-state index in [9.17, 15) is 0 Å². The molecule has 20 heavy (non-hydrogen) atoms. The van der Waals surface area contributed by atoms with Gasteiger partial charge in [0.1, 0.15) is 0 Å². The number of aryl methyl sites for hydroxylation is 1. The van der Waals surface area contributed by atoms with Gasteiger partial charge in [-0.05, 0) is 30.7 Å². The van der Waals surface area contributed by atoms with Crippen molar-refractivity contribution in [3.05, 3.63) is 46.2 Å². The van der Waals surface area contributed by atoms with E-state index >= 15 is 0 Å². The van der Waals surface area contributed by atoms with Gasteiger partial charge in [-0.15, -0.1) is 0 Å². The maximum atomic E-state index is 5.95. The minimum atomic E-state index is 0.740. The number of fused-ring (bicyclic) bond motifs is 1. The average Bonchev–Trinajstić information content (AvgIpc) is 2.48. The third-order valence-corrected chi connectivity index (χ3v) is 3.86. The zero-order valence-corrected chi connectivity index (χ0v) is 12.4. The number of halogens is 1. The van der Waals surface area contributed by atoms with Gasteiger partial charge in [-0.25, -0.2) is 9.97 Å². The standard InChI is InChI=1S/C16H18ClN3/c1-2-3-14-13-10-18-9-8-15(13)20-16(19-14)11-4-6-12(17)7-5-11/h4-7,18H,2-3,8-10H2,1H3. The van der Waals surface area contributed by atoms with Crippen LogP contribution in [0.5, 0.6) is 0 Å². The van der Waals surface area contributed by atoms with Crippen LogP contribution in [-0.2, 0) is 19.4 Å². The largest absolute Gasteiger partial charge is 0.312 e. The fourth-order valence-electron chi connectivity index (χ4n) is 2.58. The second kappa shape index (κ2) is 5.90. The monoisotopic (exact) mass is 287 g/mol. The van der Waals surface area contributed by atoms with E-state index in [1.165, 1.54) is 17.0 Å². The van der Waals surface area contributed by atoms with Crippen LogP contribution in [-0.4, -0.2) is 16.5 Å². The maximum absolute atomic E-state index is 5.95. The Morgan fingerprint density at radius 1 is 1.20 bits per heavy atom. The quantitative estimate of drug-likeness (QED) is 0.940. The van der Waals surface area contributed by atoms with E-state index in [0.717, 1.165) is 48.8 Å². The minimum absolute atomic E-state index is 0.740. The van der Waals surface area contributed by atoms with E-state index in [2.05, 4.69) is 12.2 Å². The number of hydrogen-bond acceptors (Lipinski definition) is 3. The van der Waals surface area contributed by atoms with Gasteiger partial charge in [0.2, 0.25) is 0 Å². The number of hydrogen-bond donors (Lipinski definition) is 1. The molecule has 0 radical (unpaired) electrons. The van der Waals surface area contributed by atoms with E-state index in [4.69, 9.17) is 21.6 Å². The highest BCUT2D eigenvalue weighted by molar-refractivity contribution is 6.30. The lowest BCUT2D eigenvalue weighted by molar-refractivity contribution is 0.615. The smallest absolute Gasteiger partial charge is 0.159 e. The molecule has 1 aliphatic rings. The van der Waals surface area contributed by atoms with E-state index in [-0.39, 0.29) is 0 Å². The van der Waals surface area contributed by atoms with Gasteiger partial charge in [0, 0.05) is 41.4 Å². The predicted molar refractivity (Wildman–Crippen MR) is 81.9 cm³/mol. The van der Waals surface area contributed by atoms with Crippen LogP contribution in [0.2, 0.25) is 5.02 Å². The van der Waals surface area contributed by atoms with Crippen LogP contribution in [0, 0.1) is 0 Å². The zero-order chi connectivity index (χ0) is 13.9. The normalized spacial score (nSPS) is 14.1. The highest BCUT2D eigenvalue weighted by Crippen LogP contribution is 2.23. The van der Waals surface area contributed by atoms with Crippen LogP contribution in [0.25, 0.3) is 11.4 Å². The van der Waals surface area contributed by atoms with Crippen molar-refractivity contribution in [2.24, 2.45) is 0 Å². The molecular weight excluding hydrogens is 270 g/mol. The van der Waals surface area contributed by atoms with Crippen molar-refractivity contribution in [3.63, 3.8) is 0 Å². The Morgan fingerprint density at radius 2 is 2.00 bits per heavy atom. The molecule has 0 bridgehead atoms. The Labute approximate surface area is 124 Å². The Kier molecular flexibility index (Phi) is 3.99. The summed E-state index contributed by atoms with van der Waals surface area (Å²) >= 11 is 5.95. The van der Waals surface area contributed by atoms with E-state index in [1.807, 2.05) is 24.3 Å². The Bertz CT molecular complexity index is 608. The third-order valence-electron chi connectivity index (χ3n) is 3.61. The minimum Gasteiger partial charge on any atom is -0.312 e. The van der Waals surface area contributed by atoms with Crippen molar-refractivity contribution in [1.29, 1.82) is 0 Å². The maximum Gasteiger partial charge on any atom is 0.159 e. The van der Waals surface area contributed by atoms with Gasteiger partial charge in [0.25, 0.3) is 0 Å². The lowest BCUT2D eigenvalue weighted by Gasteiger charge is -2.20. The van der Waals surface area contributed by atoms with E-state index in [0.29, 0.717) is 0 Å². The molecule has 1 aromatic carbocycles. The van der Waals surface area contributed by atoms with E-state index < -0.39 is 0 Å². The topological polar surface area (TPSA) is 37.8 Å². The summed E-state index contributed by atoms with van der Waals surface area (Å²) < 4.78 is 0. The fourth-order valence-corrected chi connectivity index (χ4v) is 2.71. The SMILES string of the molecule is CCCc1nc(-c2ccc(Cl)cc2)nc2c1CNCC2. The van der Waals surface area contributed by atoms with Crippen molar-refractivity contribution < 1.29 is 0 Å². The van der Waals surface area contributed by atoms with Gasteiger partial charge in [0.15, 0.2) is 5.82 Å². The second-order valence-electron chi connectivity index (χ2n) is 5.10. The first-order valence-corrected chi connectivity index (χ1v) is 7.51. The van der Waals surface area contributed by atoms with E-state index in [1.54, 1.807) is 0 Å². The summed E-state index contributed by atoms with van der Waals surface area (Å²) in [7, 11) is 0. The molecule has 3 rings (SSSR count). The van der Waals surface area contributed by atoms with Crippen molar-refractivity contribution >= 4 is 11.6 Å². The number of rotatable bonds is 3. The van der Waals surface area contributed by atoms with Crippen LogP contribution >= 0.6 is 11.6 Å². The average molecular weight is 288 g/mol. The summed E-state index contributed by atoms with van der Waals surface area (Å²) in [4.78, 5) is 9.54. The Balaban J connectivity index is 2.07. The summed E-state index contributed by atoms with van der Waals surface area (Å²) in [6.45, 7) is 4.08. The molecule has 0 saturated heterocycles. The molecule has 3 nitrogen and oxygen atoms in total. The summed E-state index contributed by atoms with van der Waals surface area (Å²) in [5.74, 6) is 0.825.